The van der Waals surface area contributed by atoms with E-state index in [0.717, 1.165) is 49.4 Å². The highest BCUT2D eigenvalue weighted by molar-refractivity contribution is 5.87. The predicted molar refractivity (Wildman–Crippen MR) is 79.7 cm³/mol. The molecule has 1 fully saturated rings. The minimum atomic E-state index is -0.876. The van der Waals surface area contributed by atoms with E-state index in [1.54, 1.807) is 12.1 Å². The van der Waals surface area contributed by atoms with Gasteiger partial charge in [-0.15, -0.1) is 0 Å². The topological polar surface area (TPSA) is 79.5 Å². The molecule has 0 radical (unpaired) electrons. The van der Waals surface area contributed by atoms with Crippen molar-refractivity contribution in [2.75, 3.05) is 13.1 Å². The molecule has 2 heterocycles. The van der Waals surface area contributed by atoms with E-state index < -0.39 is 5.97 Å². The van der Waals surface area contributed by atoms with E-state index in [1.807, 2.05) is 19.1 Å². The van der Waals surface area contributed by atoms with E-state index in [2.05, 4.69) is 15.2 Å². The maximum absolute atomic E-state index is 11.1. The SMILES string of the molecule is Cc1nonc1CN1CCC[C@H](c2cccc(C(=O)O)c2)C1. The number of nitrogens with zero attached hydrogens (tertiary/aromatic N) is 3. The van der Waals surface area contributed by atoms with E-state index in [0.29, 0.717) is 11.5 Å². The Labute approximate surface area is 128 Å². The zero-order valence-corrected chi connectivity index (χ0v) is 12.5. The van der Waals surface area contributed by atoms with Crippen LogP contribution in [-0.4, -0.2) is 39.4 Å². The molecule has 0 bridgehead atoms. The summed E-state index contributed by atoms with van der Waals surface area (Å²) in [5.41, 5.74) is 3.15. The number of aromatic nitrogens is 2. The summed E-state index contributed by atoms with van der Waals surface area (Å²) in [6.07, 6.45) is 2.17. The van der Waals surface area contributed by atoms with Crippen LogP contribution >= 0.6 is 0 Å². The largest absolute Gasteiger partial charge is 0.478 e. The average Bonchev–Trinajstić information content (AvgIpc) is 2.93. The van der Waals surface area contributed by atoms with Gasteiger partial charge in [0, 0.05) is 13.1 Å². The second-order valence-corrected chi connectivity index (χ2v) is 5.80. The van der Waals surface area contributed by atoms with Crippen LogP contribution in [0.4, 0.5) is 0 Å². The molecule has 116 valence electrons. The van der Waals surface area contributed by atoms with Gasteiger partial charge in [0.2, 0.25) is 0 Å². The van der Waals surface area contributed by atoms with Crippen LogP contribution in [0.15, 0.2) is 28.9 Å². The third-order valence-electron chi connectivity index (χ3n) is 4.23. The van der Waals surface area contributed by atoms with Crippen molar-refractivity contribution in [3.8, 4) is 0 Å². The Hall–Kier alpha value is -2.21. The Bertz CT molecular complexity index is 668. The maximum Gasteiger partial charge on any atom is 0.335 e. The Morgan fingerprint density at radius 1 is 1.45 bits per heavy atom. The zero-order valence-electron chi connectivity index (χ0n) is 12.5. The molecule has 0 spiro atoms. The number of carboxylic acid groups (broad SMARTS) is 1. The molecular weight excluding hydrogens is 282 g/mol. The summed E-state index contributed by atoms with van der Waals surface area (Å²) in [6, 6.07) is 7.27. The van der Waals surface area contributed by atoms with Gasteiger partial charge in [-0.2, -0.15) is 0 Å². The fourth-order valence-electron chi connectivity index (χ4n) is 3.00. The molecular formula is C16H19N3O3. The standard InChI is InChI=1S/C16H19N3O3/c1-11-15(18-22-17-11)10-19-7-3-6-14(9-19)12-4-2-5-13(8-12)16(20)21/h2,4-5,8,14H,3,6-7,9-10H2,1H3,(H,20,21)/t14-/m0/s1. The van der Waals surface area contributed by atoms with Crippen LogP contribution in [0.1, 0.15) is 46.1 Å². The molecule has 1 saturated heterocycles. The maximum atomic E-state index is 11.1. The van der Waals surface area contributed by atoms with Gasteiger partial charge in [0.05, 0.1) is 5.56 Å². The minimum Gasteiger partial charge on any atom is -0.478 e. The molecule has 1 atom stereocenters. The number of piperidine rings is 1. The highest BCUT2D eigenvalue weighted by atomic mass is 16.6. The Balaban J connectivity index is 1.71. The van der Waals surface area contributed by atoms with E-state index in [-0.39, 0.29) is 0 Å². The van der Waals surface area contributed by atoms with Crippen LogP contribution in [0.2, 0.25) is 0 Å². The van der Waals surface area contributed by atoms with E-state index in [9.17, 15) is 4.79 Å². The van der Waals surface area contributed by atoms with Gasteiger partial charge in [0.25, 0.3) is 0 Å². The summed E-state index contributed by atoms with van der Waals surface area (Å²) in [4.78, 5) is 13.4. The molecule has 1 aliphatic rings. The molecule has 1 aromatic carbocycles. The molecule has 0 saturated carbocycles. The first-order chi connectivity index (χ1) is 10.6. The third kappa shape index (κ3) is 3.17. The third-order valence-corrected chi connectivity index (χ3v) is 4.23. The molecule has 0 amide bonds. The fraction of sp³-hybridized carbons (Fsp3) is 0.438. The normalized spacial score (nSPS) is 19.2. The van der Waals surface area contributed by atoms with Crippen molar-refractivity contribution < 1.29 is 14.5 Å². The monoisotopic (exact) mass is 301 g/mol. The van der Waals surface area contributed by atoms with Gasteiger partial charge in [-0.25, -0.2) is 9.42 Å². The first kappa shape index (κ1) is 14.7. The van der Waals surface area contributed by atoms with Crippen LogP contribution in [0.5, 0.6) is 0 Å². The van der Waals surface area contributed by atoms with Crippen LogP contribution in [0, 0.1) is 6.92 Å². The summed E-state index contributed by atoms with van der Waals surface area (Å²) in [7, 11) is 0. The molecule has 2 aromatic rings. The van der Waals surface area contributed by atoms with Gasteiger partial charge >= 0.3 is 5.97 Å². The van der Waals surface area contributed by atoms with E-state index in [1.165, 1.54) is 0 Å². The highest BCUT2D eigenvalue weighted by Gasteiger charge is 2.23. The van der Waals surface area contributed by atoms with Gasteiger partial charge in [0.1, 0.15) is 11.4 Å². The van der Waals surface area contributed by atoms with Crippen LogP contribution in [-0.2, 0) is 6.54 Å². The number of aromatic carboxylic acids is 1. The van der Waals surface area contributed by atoms with E-state index >= 15 is 0 Å². The second-order valence-electron chi connectivity index (χ2n) is 5.80. The first-order valence-corrected chi connectivity index (χ1v) is 7.47. The summed E-state index contributed by atoms with van der Waals surface area (Å²) < 4.78 is 4.75. The Morgan fingerprint density at radius 2 is 2.32 bits per heavy atom. The Kier molecular flexibility index (Phi) is 4.20. The van der Waals surface area contributed by atoms with E-state index in [4.69, 9.17) is 9.74 Å². The number of hydrogen-bond acceptors (Lipinski definition) is 5. The first-order valence-electron chi connectivity index (χ1n) is 7.47. The quantitative estimate of drug-likeness (QED) is 0.934. The molecule has 1 N–H and O–H groups in total. The van der Waals surface area contributed by atoms with Crippen molar-refractivity contribution in [2.24, 2.45) is 0 Å². The summed E-state index contributed by atoms with van der Waals surface area (Å²) in [6.45, 7) is 4.53. The van der Waals surface area contributed by atoms with Gasteiger partial charge < -0.3 is 5.11 Å². The number of benzene rings is 1. The van der Waals surface area contributed by atoms with Crippen molar-refractivity contribution >= 4 is 5.97 Å². The van der Waals surface area contributed by atoms with Crippen molar-refractivity contribution in [3.05, 3.63) is 46.8 Å². The molecule has 0 unspecified atom stereocenters. The predicted octanol–water partition coefficient (Wildman–Crippen LogP) is 2.46. The van der Waals surface area contributed by atoms with Crippen LogP contribution < -0.4 is 0 Å². The van der Waals surface area contributed by atoms with Gasteiger partial charge in [0.15, 0.2) is 0 Å². The zero-order chi connectivity index (χ0) is 15.5. The summed E-state index contributed by atoms with van der Waals surface area (Å²) in [5.74, 6) is -0.521. The van der Waals surface area contributed by atoms with Gasteiger partial charge in [-0.05, 0) is 49.9 Å². The summed E-state index contributed by atoms with van der Waals surface area (Å²) in [5, 5.41) is 16.9. The molecule has 6 nitrogen and oxygen atoms in total. The fourth-order valence-corrected chi connectivity index (χ4v) is 3.00. The molecule has 22 heavy (non-hydrogen) atoms. The lowest BCUT2D eigenvalue weighted by molar-refractivity contribution is 0.0696. The lowest BCUT2D eigenvalue weighted by Gasteiger charge is -2.32. The number of hydrogen-bond donors (Lipinski definition) is 1. The number of carboxylic acids is 1. The molecule has 1 aliphatic heterocycles. The molecule has 3 rings (SSSR count). The van der Waals surface area contributed by atoms with Crippen molar-refractivity contribution in [1.82, 2.24) is 15.2 Å². The highest BCUT2D eigenvalue weighted by Crippen LogP contribution is 2.28. The van der Waals surface area contributed by atoms with Crippen LogP contribution in [0.3, 0.4) is 0 Å². The number of rotatable bonds is 4. The average molecular weight is 301 g/mol. The minimum absolute atomic E-state index is 0.353. The molecule has 6 heteroatoms. The van der Waals surface area contributed by atoms with Gasteiger partial charge in [-0.1, -0.05) is 22.4 Å². The second kappa shape index (κ2) is 6.27. The van der Waals surface area contributed by atoms with Crippen LogP contribution in [0.25, 0.3) is 0 Å². The molecule has 1 aromatic heterocycles. The van der Waals surface area contributed by atoms with Crippen molar-refractivity contribution in [3.63, 3.8) is 0 Å². The smallest absolute Gasteiger partial charge is 0.335 e. The van der Waals surface area contributed by atoms with Crippen molar-refractivity contribution in [2.45, 2.75) is 32.2 Å². The lowest BCUT2D eigenvalue weighted by Crippen LogP contribution is -2.34. The number of aryl methyl sites for hydroxylation is 1. The molecule has 0 aliphatic carbocycles. The number of likely N-dealkylation sites (tertiary alicyclic amines) is 1. The van der Waals surface area contributed by atoms with Gasteiger partial charge in [-0.3, -0.25) is 4.90 Å². The van der Waals surface area contributed by atoms with Crippen molar-refractivity contribution in [1.29, 1.82) is 0 Å². The number of carbonyl (C=O) groups is 1. The lowest BCUT2D eigenvalue weighted by atomic mass is 9.89. The summed E-state index contributed by atoms with van der Waals surface area (Å²) >= 11 is 0. The Morgan fingerprint density at radius 3 is 3.05 bits per heavy atom.